The van der Waals surface area contributed by atoms with Gasteiger partial charge in [0.05, 0.1) is 12.0 Å². The van der Waals surface area contributed by atoms with E-state index in [1.165, 1.54) is 6.07 Å². The molecule has 2 N–H and O–H groups in total. The number of aromatic hydroxyl groups is 1. The van der Waals surface area contributed by atoms with Crippen LogP contribution in [0.4, 0.5) is 0 Å². The molecule has 0 aromatic heterocycles. The summed E-state index contributed by atoms with van der Waals surface area (Å²) in [4.78, 5) is 34.0. The maximum Gasteiger partial charge on any atom is 0.439 e. The third-order valence-electron chi connectivity index (χ3n) is 3.41. The van der Waals surface area contributed by atoms with Crippen LogP contribution in [0.15, 0.2) is 37.0 Å². The van der Waals surface area contributed by atoms with Gasteiger partial charge in [-0.05, 0) is 31.6 Å². The summed E-state index contributed by atoms with van der Waals surface area (Å²) in [6.07, 6.45) is 5.44. The van der Waals surface area contributed by atoms with Crippen LogP contribution in [-0.2, 0) is 4.79 Å². The summed E-state index contributed by atoms with van der Waals surface area (Å²) in [7, 11) is 0. The van der Waals surface area contributed by atoms with Gasteiger partial charge in [-0.2, -0.15) is 0 Å². The van der Waals surface area contributed by atoms with Crippen LogP contribution >= 0.6 is 0 Å². The SMILES string of the molecule is C=C[N+](=O)C(=O)CCCCCCCNC(=O)c1ccccc1O. The third kappa shape index (κ3) is 6.86. The topological polar surface area (TPSA) is 86.5 Å². The summed E-state index contributed by atoms with van der Waals surface area (Å²) in [6.45, 7) is 3.78. The second-order valence-electron chi connectivity index (χ2n) is 5.19. The van der Waals surface area contributed by atoms with E-state index in [0.717, 1.165) is 31.9 Å². The van der Waals surface area contributed by atoms with E-state index in [0.29, 0.717) is 13.0 Å². The summed E-state index contributed by atoms with van der Waals surface area (Å²) >= 11 is 0. The molecule has 0 saturated carbocycles. The number of nitrogens with one attached hydrogen (secondary N) is 1. The molecule has 1 aromatic rings. The molecule has 0 aliphatic rings. The highest BCUT2D eigenvalue weighted by Crippen LogP contribution is 2.15. The van der Waals surface area contributed by atoms with Crippen LogP contribution < -0.4 is 5.32 Å². The Morgan fingerprint density at radius 1 is 1.13 bits per heavy atom. The van der Waals surface area contributed by atoms with Crippen LogP contribution in [0.2, 0.25) is 0 Å². The standard InChI is InChI=1S/C17H22N2O4/c1-2-19(23)16(21)12-6-4-3-5-9-13-18-17(22)14-10-7-8-11-15(14)20/h2,7-8,10-11H,1,3-6,9,12-13H2,(H-,18,20,22)/p+1. The molecular formula is C17H23N2O4+. The van der Waals surface area contributed by atoms with Crippen LogP contribution in [0.3, 0.4) is 0 Å². The first-order valence-electron chi connectivity index (χ1n) is 7.74. The first kappa shape index (κ1) is 18.5. The zero-order valence-corrected chi connectivity index (χ0v) is 13.2. The van der Waals surface area contributed by atoms with E-state index < -0.39 is 5.91 Å². The number of unbranched alkanes of at least 4 members (excludes halogenated alkanes) is 4. The number of phenolic OH excluding ortho intramolecular Hbond substituents is 1. The van der Waals surface area contributed by atoms with Gasteiger partial charge in [0.15, 0.2) is 0 Å². The van der Waals surface area contributed by atoms with Gasteiger partial charge in [-0.15, -0.1) is 0 Å². The van der Waals surface area contributed by atoms with Crippen molar-refractivity contribution in [2.45, 2.75) is 38.5 Å². The molecule has 0 saturated heterocycles. The molecular weight excluding hydrogens is 296 g/mol. The van der Waals surface area contributed by atoms with Crippen molar-refractivity contribution in [1.82, 2.24) is 5.32 Å². The number of nitroso groups, excluding NO2 is 1. The van der Waals surface area contributed by atoms with Gasteiger partial charge in [0.2, 0.25) is 6.20 Å². The fraction of sp³-hybridized carbons (Fsp3) is 0.412. The van der Waals surface area contributed by atoms with Gasteiger partial charge in [-0.1, -0.05) is 31.4 Å². The minimum absolute atomic E-state index is 0.0263. The van der Waals surface area contributed by atoms with Gasteiger partial charge in [-0.3, -0.25) is 4.79 Å². The highest BCUT2D eigenvalue weighted by Gasteiger charge is 2.16. The molecule has 0 radical (unpaired) electrons. The predicted molar refractivity (Wildman–Crippen MR) is 87.0 cm³/mol. The Morgan fingerprint density at radius 3 is 2.48 bits per heavy atom. The number of hydrogen-bond acceptors (Lipinski definition) is 4. The maximum absolute atomic E-state index is 11.8. The monoisotopic (exact) mass is 319 g/mol. The van der Waals surface area contributed by atoms with Gasteiger partial charge >= 0.3 is 5.91 Å². The van der Waals surface area contributed by atoms with Crippen molar-refractivity contribution in [1.29, 1.82) is 0 Å². The van der Waals surface area contributed by atoms with E-state index in [4.69, 9.17) is 0 Å². The molecule has 0 fully saturated rings. The molecule has 124 valence electrons. The van der Waals surface area contributed by atoms with Crippen molar-refractivity contribution in [2.75, 3.05) is 6.54 Å². The predicted octanol–water partition coefficient (Wildman–Crippen LogP) is 2.91. The van der Waals surface area contributed by atoms with Crippen LogP contribution in [0.25, 0.3) is 0 Å². The van der Waals surface area contributed by atoms with Crippen LogP contribution in [0.1, 0.15) is 48.9 Å². The van der Waals surface area contributed by atoms with Crippen molar-refractivity contribution in [3.8, 4) is 5.75 Å². The smallest absolute Gasteiger partial charge is 0.439 e. The number of benzene rings is 1. The molecule has 0 unspecified atom stereocenters. The third-order valence-corrected chi connectivity index (χ3v) is 3.41. The zero-order chi connectivity index (χ0) is 17.1. The Hall–Kier alpha value is -2.50. The Bertz CT molecular complexity index is 569. The Balaban J connectivity index is 2.07. The van der Waals surface area contributed by atoms with Gasteiger partial charge in [0.1, 0.15) is 10.5 Å². The lowest BCUT2D eigenvalue weighted by Crippen LogP contribution is -2.24. The first-order valence-corrected chi connectivity index (χ1v) is 7.74. The molecule has 1 rings (SSSR count). The number of para-hydroxylation sites is 1. The molecule has 0 spiro atoms. The second kappa shape index (κ2) is 10.3. The highest BCUT2D eigenvalue weighted by atomic mass is 16.3. The molecule has 0 heterocycles. The molecule has 2 amide bonds. The number of rotatable bonds is 10. The van der Waals surface area contributed by atoms with Crippen LogP contribution in [0.5, 0.6) is 5.75 Å². The molecule has 23 heavy (non-hydrogen) atoms. The maximum atomic E-state index is 11.8. The average molecular weight is 319 g/mol. The second-order valence-corrected chi connectivity index (χ2v) is 5.19. The van der Waals surface area contributed by atoms with Gasteiger partial charge < -0.3 is 10.4 Å². The minimum Gasteiger partial charge on any atom is -0.507 e. The summed E-state index contributed by atoms with van der Waals surface area (Å²) in [5.74, 6) is -0.773. The molecule has 1 aromatic carbocycles. The van der Waals surface area contributed by atoms with Gasteiger partial charge in [0, 0.05) is 11.5 Å². The molecule has 0 atom stereocenters. The van der Waals surface area contributed by atoms with E-state index >= 15 is 0 Å². The lowest BCUT2D eigenvalue weighted by molar-refractivity contribution is -0.401. The highest BCUT2D eigenvalue weighted by molar-refractivity contribution is 5.96. The van der Waals surface area contributed by atoms with Crippen LogP contribution in [-0.4, -0.2) is 28.2 Å². The molecule has 6 nitrogen and oxygen atoms in total. The van der Waals surface area contributed by atoms with Gasteiger partial charge in [-0.25, -0.2) is 4.79 Å². The van der Waals surface area contributed by atoms with Crippen LogP contribution in [0, 0.1) is 4.91 Å². The van der Waals surface area contributed by atoms with E-state index in [-0.39, 0.29) is 28.4 Å². The Labute approximate surface area is 135 Å². The molecule has 6 heteroatoms. The molecule has 0 aliphatic carbocycles. The van der Waals surface area contributed by atoms with E-state index in [9.17, 15) is 19.6 Å². The summed E-state index contributed by atoms with van der Waals surface area (Å²) in [5.41, 5.74) is 0.274. The quantitative estimate of drug-likeness (QED) is 0.513. The number of carbonyl (C=O) groups is 2. The number of phenols is 1. The fourth-order valence-corrected chi connectivity index (χ4v) is 2.11. The number of amides is 2. The fourth-order valence-electron chi connectivity index (χ4n) is 2.11. The van der Waals surface area contributed by atoms with Crippen molar-refractivity contribution < 1.29 is 19.5 Å². The summed E-state index contributed by atoms with van der Waals surface area (Å²) < 4.78 is 0.258. The summed E-state index contributed by atoms with van der Waals surface area (Å²) in [5, 5.41) is 12.3. The molecule has 0 aliphatic heterocycles. The first-order chi connectivity index (χ1) is 11.1. The minimum atomic E-state index is -0.463. The van der Waals surface area contributed by atoms with Crippen molar-refractivity contribution in [3.63, 3.8) is 0 Å². The largest absolute Gasteiger partial charge is 0.507 e. The lowest BCUT2D eigenvalue weighted by atomic mass is 10.1. The van der Waals surface area contributed by atoms with E-state index in [2.05, 4.69) is 11.9 Å². The Kier molecular flexibility index (Phi) is 8.28. The van der Waals surface area contributed by atoms with E-state index in [1.54, 1.807) is 18.2 Å². The zero-order valence-electron chi connectivity index (χ0n) is 13.2. The van der Waals surface area contributed by atoms with E-state index in [1.807, 2.05) is 0 Å². The number of nitrogens with zero attached hydrogens (tertiary/aromatic N) is 1. The normalized spacial score (nSPS) is 10.1. The lowest BCUT2D eigenvalue weighted by Gasteiger charge is -2.06. The van der Waals surface area contributed by atoms with Crippen molar-refractivity contribution >= 4 is 11.8 Å². The van der Waals surface area contributed by atoms with Crippen molar-refractivity contribution in [3.05, 3.63) is 47.5 Å². The number of hydrogen-bond donors (Lipinski definition) is 2. The Morgan fingerprint density at radius 2 is 1.78 bits per heavy atom. The van der Waals surface area contributed by atoms with Gasteiger partial charge in [0.25, 0.3) is 5.91 Å². The molecule has 0 bridgehead atoms. The van der Waals surface area contributed by atoms with Crippen molar-refractivity contribution in [2.24, 2.45) is 0 Å². The number of carbonyl (C=O) groups excluding carboxylic acids is 2. The average Bonchev–Trinajstić information content (AvgIpc) is 2.56. The summed E-state index contributed by atoms with van der Waals surface area (Å²) in [6, 6.07) is 6.42.